The predicted molar refractivity (Wildman–Crippen MR) is 95.8 cm³/mol. The number of aryl methyl sites for hydroxylation is 1. The number of alkyl halides is 10. The first kappa shape index (κ1) is 24.4. The van der Waals surface area contributed by atoms with Crippen molar-refractivity contribution in [1.82, 2.24) is 19.5 Å². The standard InChI is InChI=1S/C16H8F10N4S2/c1-30-8-5-27-10(32-16(25,26)15(22,23)24)3-7(8)29-12(30)11-9(31)2-6(4-28-11)13(17,18)14(19,20)21/h2-5,31H,1H3. The Morgan fingerprint density at radius 2 is 1.50 bits per heavy atom. The molecule has 0 atom stereocenters. The molecule has 32 heavy (non-hydrogen) atoms. The number of thiol groups is 1. The minimum Gasteiger partial charge on any atom is -0.325 e. The summed E-state index contributed by atoms with van der Waals surface area (Å²) < 4.78 is 130. The lowest BCUT2D eigenvalue weighted by Gasteiger charge is -2.20. The van der Waals surface area contributed by atoms with Crippen LogP contribution < -0.4 is 0 Å². The van der Waals surface area contributed by atoms with Crippen LogP contribution in [0.25, 0.3) is 22.6 Å². The number of nitrogens with zero attached hydrogens (tertiary/aromatic N) is 4. The second-order valence-corrected chi connectivity index (χ2v) is 7.90. The third kappa shape index (κ3) is 4.21. The van der Waals surface area contributed by atoms with Gasteiger partial charge in [0, 0.05) is 23.7 Å². The molecule has 0 N–H and O–H groups in total. The Morgan fingerprint density at radius 1 is 0.875 bits per heavy atom. The number of halogens is 10. The average Bonchev–Trinajstić information content (AvgIpc) is 2.95. The molecule has 3 rings (SSSR count). The van der Waals surface area contributed by atoms with Crippen LogP contribution in [-0.2, 0) is 13.0 Å². The molecule has 0 radical (unpaired) electrons. The predicted octanol–water partition coefficient (Wildman–Crippen LogP) is 6.22. The maximum atomic E-state index is 13.5. The van der Waals surface area contributed by atoms with Gasteiger partial charge in [0.1, 0.15) is 10.7 Å². The van der Waals surface area contributed by atoms with Crippen molar-refractivity contribution in [2.45, 2.75) is 33.5 Å². The first-order chi connectivity index (χ1) is 14.5. The van der Waals surface area contributed by atoms with Gasteiger partial charge in [0.05, 0.1) is 17.2 Å². The second-order valence-electron chi connectivity index (χ2n) is 6.29. The molecule has 3 aromatic heterocycles. The van der Waals surface area contributed by atoms with Gasteiger partial charge in [-0.2, -0.15) is 43.9 Å². The Morgan fingerprint density at radius 3 is 2.03 bits per heavy atom. The highest BCUT2D eigenvalue weighted by Crippen LogP contribution is 2.47. The maximum absolute atomic E-state index is 13.5. The van der Waals surface area contributed by atoms with Crippen molar-refractivity contribution in [3.05, 3.63) is 30.1 Å². The van der Waals surface area contributed by atoms with Gasteiger partial charge >= 0.3 is 23.5 Å². The summed E-state index contributed by atoms with van der Waals surface area (Å²) in [6.07, 6.45) is -10.5. The van der Waals surface area contributed by atoms with Crippen LogP contribution in [0.3, 0.4) is 0 Å². The summed E-state index contributed by atoms with van der Waals surface area (Å²) in [6.45, 7) is 0. The molecule has 0 aliphatic heterocycles. The summed E-state index contributed by atoms with van der Waals surface area (Å²) in [5, 5.41) is -5.83. The summed E-state index contributed by atoms with van der Waals surface area (Å²) in [4.78, 5) is 10.7. The van der Waals surface area contributed by atoms with E-state index in [2.05, 4.69) is 27.6 Å². The largest absolute Gasteiger partial charge is 0.464 e. The SMILES string of the molecule is Cn1c(-c2ncc(C(F)(F)C(F)(F)F)cc2S)nc2cc(SC(F)(F)C(F)(F)F)ncc21. The molecule has 0 saturated heterocycles. The molecule has 3 aromatic rings. The molecular formula is C16H8F10N4S2. The normalized spacial score (nSPS) is 13.8. The molecule has 0 fully saturated rings. The Kier molecular flexibility index (Phi) is 5.85. The number of pyridine rings is 2. The highest BCUT2D eigenvalue weighted by Gasteiger charge is 2.59. The van der Waals surface area contributed by atoms with E-state index in [-0.39, 0.29) is 28.7 Å². The van der Waals surface area contributed by atoms with Gasteiger partial charge in [-0.05, 0) is 23.9 Å². The van der Waals surface area contributed by atoms with Gasteiger partial charge in [-0.15, -0.1) is 12.6 Å². The summed E-state index contributed by atoms with van der Waals surface area (Å²) >= 11 is 3.03. The lowest BCUT2D eigenvalue weighted by atomic mass is 10.1. The van der Waals surface area contributed by atoms with E-state index < -0.39 is 50.8 Å². The number of aromatic nitrogens is 4. The lowest BCUT2D eigenvalue weighted by molar-refractivity contribution is -0.289. The molecule has 16 heteroatoms. The third-order valence-corrected chi connectivity index (χ3v) is 5.36. The van der Waals surface area contributed by atoms with Crippen molar-refractivity contribution in [3.63, 3.8) is 0 Å². The zero-order valence-corrected chi connectivity index (χ0v) is 16.9. The molecule has 0 spiro atoms. The van der Waals surface area contributed by atoms with E-state index >= 15 is 0 Å². The first-order valence-electron chi connectivity index (χ1n) is 8.06. The third-order valence-electron chi connectivity index (χ3n) is 4.10. The summed E-state index contributed by atoms with van der Waals surface area (Å²) in [7, 11) is 1.36. The zero-order chi connectivity index (χ0) is 24.3. The molecule has 0 unspecified atom stereocenters. The summed E-state index contributed by atoms with van der Waals surface area (Å²) in [5.74, 6) is -5.32. The molecule has 4 nitrogen and oxygen atoms in total. The van der Waals surface area contributed by atoms with Crippen molar-refractivity contribution in [2.75, 3.05) is 0 Å². The highest BCUT2D eigenvalue weighted by molar-refractivity contribution is 8.00. The minimum absolute atomic E-state index is 0.0998. The molecule has 3 heterocycles. The van der Waals surface area contributed by atoms with Gasteiger partial charge in [0.2, 0.25) is 0 Å². The van der Waals surface area contributed by atoms with Crippen LogP contribution in [-0.4, -0.2) is 37.1 Å². The van der Waals surface area contributed by atoms with E-state index in [1.807, 2.05) is 0 Å². The molecule has 0 saturated carbocycles. The van der Waals surface area contributed by atoms with E-state index in [9.17, 15) is 43.9 Å². The molecule has 0 amide bonds. The maximum Gasteiger partial charge on any atom is 0.464 e. The fraction of sp³-hybridized carbons (Fsp3) is 0.312. The van der Waals surface area contributed by atoms with Gasteiger partial charge in [-0.25, -0.2) is 9.97 Å². The molecule has 174 valence electrons. The number of thioether (sulfide) groups is 1. The molecule has 0 aliphatic carbocycles. The molecular weight excluding hydrogens is 502 g/mol. The second kappa shape index (κ2) is 7.67. The molecule has 0 aromatic carbocycles. The van der Waals surface area contributed by atoms with Crippen LogP contribution in [0.15, 0.2) is 34.4 Å². The summed E-state index contributed by atoms with van der Waals surface area (Å²) in [6, 6.07) is 1.29. The topological polar surface area (TPSA) is 43.6 Å². The van der Waals surface area contributed by atoms with E-state index in [1.165, 1.54) is 11.6 Å². The van der Waals surface area contributed by atoms with Gasteiger partial charge in [0.25, 0.3) is 0 Å². The van der Waals surface area contributed by atoms with Crippen molar-refractivity contribution >= 4 is 35.4 Å². The Bertz CT molecular complexity index is 1170. The quantitative estimate of drug-likeness (QED) is 0.257. The zero-order valence-electron chi connectivity index (χ0n) is 15.2. The number of hydrogen-bond donors (Lipinski definition) is 1. The van der Waals surface area contributed by atoms with E-state index in [0.29, 0.717) is 6.07 Å². The highest BCUT2D eigenvalue weighted by atomic mass is 32.2. The van der Waals surface area contributed by atoms with Crippen LogP contribution in [0.4, 0.5) is 43.9 Å². The van der Waals surface area contributed by atoms with Crippen molar-refractivity contribution < 1.29 is 43.9 Å². The van der Waals surface area contributed by atoms with E-state index in [1.54, 1.807) is 0 Å². The van der Waals surface area contributed by atoms with Gasteiger partial charge in [-0.1, -0.05) is 0 Å². The van der Waals surface area contributed by atoms with E-state index in [0.717, 1.165) is 12.3 Å². The number of rotatable bonds is 4. The van der Waals surface area contributed by atoms with Gasteiger partial charge in [0.15, 0.2) is 5.82 Å². The van der Waals surface area contributed by atoms with Crippen molar-refractivity contribution in [1.29, 1.82) is 0 Å². The number of imidazole rings is 1. The Hall–Kier alpha value is -2.23. The van der Waals surface area contributed by atoms with Crippen LogP contribution in [0.5, 0.6) is 0 Å². The average molecular weight is 510 g/mol. The van der Waals surface area contributed by atoms with Gasteiger partial charge < -0.3 is 4.57 Å². The Labute approximate surface area is 181 Å². The van der Waals surface area contributed by atoms with Crippen molar-refractivity contribution in [3.8, 4) is 11.5 Å². The number of hydrogen-bond acceptors (Lipinski definition) is 5. The first-order valence-corrected chi connectivity index (χ1v) is 9.32. The lowest BCUT2D eigenvalue weighted by Crippen LogP contribution is -2.33. The van der Waals surface area contributed by atoms with Crippen LogP contribution in [0.1, 0.15) is 5.56 Å². The van der Waals surface area contributed by atoms with Crippen LogP contribution in [0.2, 0.25) is 0 Å². The van der Waals surface area contributed by atoms with E-state index in [4.69, 9.17) is 0 Å². The molecule has 0 bridgehead atoms. The summed E-state index contributed by atoms with van der Waals surface area (Å²) in [5.41, 5.74) is -1.66. The van der Waals surface area contributed by atoms with Crippen LogP contribution >= 0.6 is 24.4 Å². The van der Waals surface area contributed by atoms with Crippen LogP contribution in [0, 0.1) is 0 Å². The minimum atomic E-state index is -5.87. The fourth-order valence-corrected chi connectivity index (χ4v) is 3.44. The molecule has 0 aliphatic rings. The smallest absolute Gasteiger partial charge is 0.325 e. The monoisotopic (exact) mass is 510 g/mol. The van der Waals surface area contributed by atoms with Gasteiger partial charge in [-0.3, -0.25) is 4.98 Å². The number of fused-ring (bicyclic) bond motifs is 1. The van der Waals surface area contributed by atoms with Crippen molar-refractivity contribution in [2.24, 2.45) is 7.05 Å². The fourth-order valence-electron chi connectivity index (χ4n) is 2.49. The Balaban J connectivity index is 2.03.